The predicted octanol–water partition coefficient (Wildman–Crippen LogP) is 4.35. The van der Waals surface area contributed by atoms with Crippen LogP contribution in [0.3, 0.4) is 0 Å². The summed E-state index contributed by atoms with van der Waals surface area (Å²) in [6.07, 6.45) is 13.3. The van der Waals surface area contributed by atoms with Gasteiger partial charge in [-0.3, -0.25) is 14.7 Å². The Kier molecular flexibility index (Phi) is 6.61. The third-order valence-electron chi connectivity index (χ3n) is 9.06. The van der Waals surface area contributed by atoms with Crippen molar-refractivity contribution < 1.29 is 14.1 Å². The predicted molar refractivity (Wildman–Crippen MR) is 150 cm³/mol. The Morgan fingerprint density at radius 2 is 2.05 bits per heavy atom. The maximum Gasteiger partial charge on any atom is 0.219 e. The van der Waals surface area contributed by atoms with Gasteiger partial charge in [-0.25, -0.2) is 9.67 Å². The second-order valence-electron chi connectivity index (χ2n) is 11.6. The molecule has 0 radical (unpaired) electrons. The van der Waals surface area contributed by atoms with Crippen molar-refractivity contribution >= 4 is 5.78 Å². The first-order valence-electron chi connectivity index (χ1n) is 14.6. The van der Waals surface area contributed by atoms with E-state index < -0.39 is 5.41 Å². The topological polar surface area (TPSA) is 125 Å². The number of likely N-dealkylation sites (N-methyl/N-ethyl adjacent to an activating group) is 1. The number of nitrogens with zero attached hydrogens (tertiary/aromatic N) is 8. The van der Waals surface area contributed by atoms with Crippen LogP contribution in [0.2, 0.25) is 0 Å². The molecule has 11 nitrogen and oxygen atoms in total. The van der Waals surface area contributed by atoms with E-state index in [1.807, 2.05) is 18.3 Å². The average molecular weight is 555 g/mol. The summed E-state index contributed by atoms with van der Waals surface area (Å²) in [7, 11) is 2.13. The molecule has 5 heterocycles. The van der Waals surface area contributed by atoms with Crippen LogP contribution in [0.5, 0.6) is 5.88 Å². The van der Waals surface area contributed by atoms with E-state index in [1.54, 1.807) is 23.1 Å². The number of pyridine rings is 1. The Bertz CT molecular complexity index is 1570. The molecule has 0 unspecified atom stereocenters. The summed E-state index contributed by atoms with van der Waals surface area (Å²) in [6.45, 7) is 3.14. The quantitative estimate of drug-likeness (QED) is 0.340. The molecule has 0 N–H and O–H groups in total. The minimum atomic E-state index is -0.569. The van der Waals surface area contributed by atoms with Crippen LogP contribution < -0.4 is 4.74 Å². The van der Waals surface area contributed by atoms with Crippen molar-refractivity contribution in [1.29, 1.82) is 0 Å². The van der Waals surface area contributed by atoms with Crippen molar-refractivity contribution in [2.75, 3.05) is 13.6 Å². The van der Waals surface area contributed by atoms with E-state index in [4.69, 9.17) is 19.2 Å². The number of aromatic nitrogens is 7. The number of ketones is 1. The molecule has 2 fully saturated rings. The lowest BCUT2D eigenvalue weighted by atomic mass is 9.64. The maximum absolute atomic E-state index is 13.2. The lowest BCUT2D eigenvalue weighted by Gasteiger charge is -2.36. The Labute approximate surface area is 238 Å². The molecule has 2 aliphatic carbocycles. The zero-order valence-electron chi connectivity index (χ0n) is 23.5. The molecule has 1 spiro atoms. The SMILES string of the molecule is C[C@H](Oc1cc(-n2cc(-c3cccnc3)nn2)nc(-c2noc3c2CCC[C@@]32CCCCC2=O)n1)[C@@H]1CCCN1C. The van der Waals surface area contributed by atoms with Crippen molar-refractivity contribution in [2.45, 2.75) is 82.3 Å². The Balaban J connectivity index is 1.30. The van der Waals surface area contributed by atoms with Gasteiger partial charge in [0.15, 0.2) is 23.1 Å². The third kappa shape index (κ3) is 4.61. The van der Waals surface area contributed by atoms with Crippen LogP contribution in [0, 0.1) is 0 Å². The number of hydrogen-bond acceptors (Lipinski definition) is 10. The van der Waals surface area contributed by atoms with Crippen molar-refractivity contribution in [3.63, 3.8) is 0 Å². The number of carbonyl (C=O) groups excluding carboxylic acids is 1. The summed E-state index contributed by atoms with van der Waals surface area (Å²) >= 11 is 0. The fourth-order valence-electron chi connectivity index (χ4n) is 6.89. The Morgan fingerprint density at radius 3 is 2.85 bits per heavy atom. The van der Waals surface area contributed by atoms with Gasteiger partial charge in [0.1, 0.15) is 17.6 Å². The van der Waals surface area contributed by atoms with Crippen LogP contribution in [-0.4, -0.2) is 71.5 Å². The van der Waals surface area contributed by atoms with Gasteiger partial charge in [0.25, 0.3) is 0 Å². The minimum Gasteiger partial charge on any atom is -0.473 e. The van der Waals surface area contributed by atoms with Gasteiger partial charge in [0, 0.05) is 42.0 Å². The highest BCUT2D eigenvalue weighted by Gasteiger charge is 2.48. The summed E-state index contributed by atoms with van der Waals surface area (Å²) < 4.78 is 14.1. The van der Waals surface area contributed by atoms with Crippen LogP contribution in [0.1, 0.15) is 69.6 Å². The normalized spacial score (nSPS) is 23.6. The largest absolute Gasteiger partial charge is 0.473 e. The number of carbonyl (C=O) groups is 1. The molecule has 0 bridgehead atoms. The molecule has 41 heavy (non-hydrogen) atoms. The maximum atomic E-state index is 13.2. The van der Waals surface area contributed by atoms with E-state index in [2.05, 4.69) is 39.3 Å². The van der Waals surface area contributed by atoms with Gasteiger partial charge < -0.3 is 9.26 Å². The lowest BCUT2D eigenvalue weighted by Crippen LogP contribution is -2.41. The molecule has 0 aromatic carbocycles. The van der Waals surface area contributed by atoms with Gasteiger partial charge >= 0.3 is 0 Å². The van der Waals surface area contributed by atoms with E-state index in [-0.39, 0.29) is 11.9 Å². The van der Waals surface area contributed by atoms with Crippen LogP contribution in [0.25, 0.3) is 28.6 Å². The molecule has 3 aliphatic rings. The molecule has 11 heteroatoms. The average Bonchev–Trinajstić information content (AvgIpc) is 3.75. The van der Waals surface area contributed by atoms with Gasteiger partial charge in [-0.2, -0.15) is 4.98 Å². The summed E-state index contributed by atoms with van der Waals surface area (Å²) in [5.41, 5.74) is 2.48. The summed E-state index contributed by atoms with van der Waals surface area (Å²) in [6, 6.07) is 5.89. The molecular formula is C30H34N8O3. The summed E-state index contributed by atoms with van der Waals surface area (Å²) in [5.74, 6) is 2.32. The van der Waals surface area contributed by atoms with Crippen LogP contribution in [0.4, 0.5) is 0 Å². The van der Waals surface area contributed by atoms with E-state index in [0.717, 1.165) is 69.0 Å². The number of fused-ring (bicyclic) bond motifs is 2. The smallest absolute Gasteiger partial charge is 0.219 e. The number of Topliss-reactive ketones (excluding diaryl/α,β-unsaturated/α-hetero) is 1. The number of likely N-dealkylation sites (tertiary alicyclic amines) is 1. The van der Waals surface area contributed by atoms with Gasteiger partial charge in [-0.05, 0) is 77.6 Å². The highest BCUT2D eigenvalue weighted by molar-refractivity contribution is 5.91. The Hall–Kier alpha value is -3.99. The fraction of sp³-hybridized carbons (Fsp3) is 0.500. The molecule has 212 valence electrons. The van der Waals surface area contributed by atoms with E-state index in [1.165, 1.54) is 0 Å². The second kappa shape index (κ2) is 10.4. The van der Waals surface area contributed by atoms with Gasteiger partial charge in [-0.15, -0.1) is 5.10 Å². The van der Waals surface area contributed by atoms with Gasteiger partial charge in [0.05, 0.1) is 11.6 Å². The van der Waals surface area contributed by atoms with E-state index in [0.29, 0.717) is 47.1 Å². The molecule has 1 aliphatic heterocycles. The van der Waals surface area contributed by atoms with Crippen LogP contribution in [-0.2, 0) is 16.6 Å². The lowest BCUT2D eigenvalue weighted by molar-refractivity contribution is -0.128. The van der Waals surface area contributed by atoms with Gasteiger partial charge in [0.2, 0.25) is 5.88 Å². The second-order valence-corrected chi connectivity index (χ2v) is 11.6. The highest BCUT2D eigenvalue weighted by Crippen LogP contribution is 2.47. The van der Waals surface area contributed by atoms with E-state index >= 15 is 0 Å². The number of ether oxygens (including phenoxy) is 1. The van der Waals surface area contributed by atoms with Crippen molar-refractivity contribution in [3.05, 3.63) is 48.1 Å². The highest BCUT2D eigenvalue weighted by atomic mass is 16.5. The molecule has 1 saturated heterocycles. The van der Waals surface area contributed by atoms with Crippen molar-refractivity contribution in [2.24, 2.45) is 0 Å². The number of rotatable bonds is 6. The molecule has 1 saturated carbocycles. The minimum absolute atomic E-state index is 0.0749. The molecule has 4 aromatic rings. The van der Waals surface area contributed by atoms with Gasteiger partial charge in [-0.1, -0.05) is 16.8 Å². The van der Waals surface area contributed by atoms with E-state index in [9.17, 15) is 4.79 Å². The Morgan fingerprint density at radius 1 is 1.15 bits per heavy atom. The molecule has 4 aromatic heterocycles. The van der Waals surface area contributed by atoms with Crippen molar-refractivity contribution in [3.8, 4) is 34.5 Å². The zero-order valence-corrected chi connectivity index (χ0v) is 23.5. The monoisotopic (exact) mass is 554 g/mol. The van der Waals surface area contributed by atoms with Crippen LogP contribution in [0.15, 0.2) is 41.3 Å². The molecule has 0 amide bonds. The third-order valence-corrected chi connectivity index (χ3v) is 9.06. The fourth-order valence-corrected chi connectivity index (χ4v) is 6.89. The van der Waals surface area contributed by atoms with Crippen LogP contribution >= 0.6 is 0 Å². The molecule has 3 atom stereocenters. The zero-order chi connectivity index (χ0) is 28.0. The number of hydrogen-bond donors (Lipinski definition) is 0. The molecular weight excluding hydrogens is 520 g/mol. The first kappa shape index (κ1) is 25.9. The summed E-state index contributed by atoms with van der Waals surface area (Å²) in [4.78, 5) is 29.4. The first-order valence-corrected chi connectivity index (χ1v) is 14.6. The molecule has 7 rings (SSSR count). The summed E-state index contributed by atoms with van der Waals surface area (Å²) in [5, 5.41) is 13.2. The van der Waals surface area contributed by atoms with Crippen molar-refractivity contribution in [1.82, 2.24) is 40.0 Å². The first-order chi connectivity index (χ1) is 20.0. The standard InChI is InChI=1S/C30H34N8O3/c1-19(23-10-7-15-37(23)2)40-26-16-25(38-18-22(34-36-38)20-8-6-14-31-17-20)32-29(33-26)27-21-9-5-13-30(28(21)41-35-27)12-4-3-11-24(30)39/h6,8,14,16-19,23H,3-5,7,9-13,15H2,1-2H3/t19-,23-,30+/m0/s1.